The molecule has 3 fully saturated rings. The van der Waals surface area contributed by atoms with Gasteiger partial charge in [-0.05, 0) is 38.5 Å². The van der Waals surface area contributed by atoms with Crippen LogP contribution in [0.2, 0.25) is 5.02 Å². The molecule has 1 N–H and O–H groups in total. The quantitative estimate of drug-likeness (QED) is 0.682. The van der Waals surface area contributed by atoms with E-state index < -0.39 is 33.7 Å². The molecule has 3 amide bonds. The molecule has 3 aliphatic rings. The normalized spacial score (nSPS) is 29.2. The van der Waals surface area contributed by atoms with Crippen LogP contribution in [0.15, 0.2) is 23.1 Å². The van der Waals surface area contributed by atoms with Gasteiger partial charge in [0.25, 0.3) is 0 Å². The number of hydrogen-bond acceptors (Lipinski definition) is 4. The number of nitrogens with one attached hydrogen (secondary N) is 1. The van der Waals surface area contributed by atoms with Gasteiger partial charge in [-0.15, -0.1) is 0 Å². The summed E-state index contributed by atoms with van der Waals surface area (Å²) in [5.74, 6) is -0.0524. The van der Waals surface area contributed by atoms with Crippen molar-refractivity contribution < 1.29 is 31.7 Å². The average Bonchev–Trinajstić information content (AvgIpc) is 2.69. The van der Waals surface area contributed by atoms with Crippen molar-refractivity contribution in [2.24, 2.45) is 5.92 Å². The lowest BCUT2D eigenvalue weighted by Crippen LogP contribution is -2.75. The number of urea groups is 1. The van der Waals surface area contributed by atoms with Crippen LogP contribution in [-0.4, -0.2) is 75.6 Å². The number of carbonyl (C=O) groups is 2. The van der Waals surface area contributed by atoms with E-state index in [1.807, 2.05) is 13.8 Å². The van der Waals surface area contributed by atoms with Crippen molar-refractivity contribution in [1.82, 2.24) is 15.1 Å². The number of ether oxygens (including phenoxy) is 1. The van der Waals surface area contributed by atoms with Crippen LogP contribution in [-0.2, 0) is 26.5 Å². The average molecular weight is 508 g/mol. The molecule has 3 atom stereocenters. The largest absolute Gasteiger partial charge is 0.416 e. The summed E-state index contributed by atoms with van der Waals surface area (Å²) in [5, 5.41) is 2.78. The second-order valence-corrected chi connectivity index (χ2v) is 11.2. The molecule has 3 heterocycles. The number of hydrogen-bond donors (Lipinski definition) is 1. The molecule has 182 valence electrons. The van der Waals surface area contributed by atoms with E-state index in [4.69, 9.17) is 16.3 Å². The van der Waals surface area contributed by atoms with Crippen LogP contribution in [0.5, 0.6) is 0 Å². The molecule has 1 aromatic carbocycles. The molecular weight excluding hydrogens is 483 g/mol. The summed E-state index contributed by atoms with van der Waals surface area (Å²) in [6.45, 7) is 5.44. The van der Waals surface area contributed by atoms with Gasteiger partial charge in [0.1, 0.15) is 6.61 Å². The summed E-state index contributed by atoms with van der Waals surface area (Å²) in [7, 11) is -1.58. The Labute approximate surface area is 197 Å². The van der Waals surface area contributed by atoms with Crippen molar-refractivity contribution in [2.75, 3.05) is 38.5 Å². The van der Waals surface area contributed by atoms with E-state index in [9.17, 15) is 27.0 Å². The molecule has 12 heteroatoms. The Morgan fingerprint density at radius 1 is 1.30 bits per heavy atom. The highest BCUT2D eigenvalue weighted by Gasteiger charge is 2.54. The molecular formula is C21H25ClF3N3O4S. The third kappa shape index (κ3) is 4.59. The van der Waals surface area contributed by atoms with Gasteiger partial charge >= 0.3 is 12.2 Å². The van der Waals surface area contributed by atoms with E-state index in [1.165, 1.54) is 0 Å². The minimum Gasteiger partial charge on any atom is -0.363 e. The lowest BCUT2D eigenvalue weighted by molar-refractivity contribution is -0.173. The van der Waals surface area contributed by atoms with Gasteiger partial charge in [0.15, 0.2) is 0 Å². The molecule has 1 aromatic rings. The van der Waals surface area contributed by atoms with Gasteiger partial charge in [-0.3, -0.25) is 9.00 Å². The monoisotopic (exact) mass is 507 g/mol. The van der Waals surface area contributed by atoms with E-state index in [-0.39, 0.29) is 40.1 Å². The number of nitrogens with zero attached hydrogens (tertiary/aromatic N) is 2. The molecule has 4 rings (SSSR count). The third-order valence-electron chi connectivity index (χ3n) is 6.86. The highest BCUT2D eigenvalue weighted by Crippen LogP contribution is 2.38. The first-order valence-electron chi connectivity index (χ1n) is 10.6. The van der Waals surface area contributed by atoms with Crippen LogP contribution in [0.4, 0.5) is 18.0 Å². The second-order valence-electron chi connectivity index (χ2n) is 9.28. The smallest absolute Gasteiger partial charge is 0.363 e. The minimum absolute atomic E-state index is 0.00787. The fourth-order valence-electron chi connectivity index (χ4n) is 4.58. The maximum Gasteiger partial charge on any atom is 0.416 e. The van der Waals surface area contributed by atoms with Crippen molar-refractivity contribution >= 4 is 34.3 Å². The number of fused-ring (bicyclic) bond motifs is 1. The first-order valence-corrected chi connectivity index (χ1v) is 12.2. The predicted octanol–water partition coefficient (Wildman–Crippen LogP) is 2.89. The van der Waals surface area contributed by atoms with Gasteiger partial charge in [0.05, 0.1) is 37.4 Å². The maximum atomic E-state index is 13.0. The first-order chi connectivity index (χ1) is 15.3. The van der Waals surface area contributed by atoms with Gasteiger partial charge in [0.2, 0.25) is 5.91 Å². The second kappa shape index (κ2) is 8.42. The van der Waals surface area contributed by atoms with Crippen LogP contribution in [0.1, 0.15) is 25.8 Å². The van der Waals surface area contributed by atoms with Crippen molar-refractivity contribution in [3.8, 4) is 0 Å². The Morgan fingerprint density at radius 3 is 2.64 bits per heavy atom. The standard InChI is InChI=1S/C21H25ClF3N3O4S/c1-19-12-27(6-5-20(19,2)32-10-17(29)26-19)18(30)28-8-13(9-28)11-33(31)16-4-3-14(7-15(16)22)21(23,24)25/h3-4,7,13H,5-6,8-12H2,1-2H3,(H,26,29)/t19-,20+,33?/m1/s1. The maximum absolute atomic E-state index is 13.0. The molecule has 3 saturated heterocycles. The summed E-state index contributed by atoms with van der Waals surface area (Å²) in [6.07, 6.45) is -3.93. The van der Waals surface area contributed by atoms with Gasteiger partial charge in [0, 0.05) is 37.8 Å². The van der Waals surface area contributed by atoms with Gasteiger partial charge in [-0.25, -0.2) is 4.79 Å². The SMILES string of the molecule is C[C@@]12CN(C(=O)N3CC(CS(=O)c4ccc(C(F)(F)F)cc4Cl)C3)CC[C@]1(C)OCC(=O)N2. The van der Waals surface area contributed by atoms with Crippen molar-refractivity contribution in [2.45, 2.75) is 42.5 Å². The lowest BCUT2D eigenvalue weighted by atomic mass is 9.75. The Kier molecular flexibility index (Phi) is 6.20. The molecule has 1 unspecified atom stereocenters. The van der Waals surface area contributed by atoms with Crippen LogP contribution < -0.4 is 5.32 Å². The zero-order chi connectivity index (χ0) is 24.2. The molecule has 0 radical (unpaired) electrons. The molecule has 0 aliphatic carbocycles. The summed E-state index contributed by atoms with van der Waals surface area (Å²) in [6, 6.07) is 2.64. The van der Waals surface area contributed by atoms with E-state index in [0.29, 0.717) is 32.6 Å². The molecule has 7 nitrogen and oxygen atoms in total. The summed E-state index contributed by atoms with van der Waals surface area (Å²) in [5.41, 5.74) is -2.13. The van der Waals surface area contributed by atoms with Gasteiger partial charge < -0.3 is 19.9 Å². The number of halogens is 4. The Hall–Kier alpha value is -1.85. The number of likely N-dealkylation sites (tertiary alicyclic amines) is 2. The van der Waals surface area contributed by atoms with E-state index >= 15 is 0 Å². The number of carbonyl (C=O) groups excluding carboxylic acids is 2. The summed E-state index contributed by atoms with van der Waals surface area (Å²) >= 11 is 5.94. The van der Waals surface area contributed by atoms with Crippen LogP contribution in [0, 0.1) is 5.92 Å². The Balaban J connectivity index is 1.32. The zero-order valence-electron chi connectivity index (χ0n) is 18.2. The third-order valence-corrected chi connectivity index (χ3v) is 8.91. The van der Waals surface area contributed by atoms with Crippen LogP contribution in [0.25, 0.3) is 0 Å². The first kappa shape index (κ1) is 24.3. The highest BCUT2D eigenvalue weighted by atomic mass is 35.5. The highest BCUT2D eigenvalue weighted by molar-refractivity contribution is 7.85. The van der Waals surface area contributed by atoms with Crippen LogP contribution in [0.3, 0.4) is 0 Å². The molecule has 3 aliphatic heterocycles. The fraction of sp³-hybridized carbons (Fsp3) is 0.619. The van der Waals surface area contributed by atoms with Gasteiger partial charge in [-0.1, -0.05) is 11.6 Å². The molecule has 0 spiro atoms. The van der Waals surface area contributed by atoms with Crippen LogP contribution >= 0.6 is 11.6 Å². The fourth-order valence-corrected chi connectivity index (χ4v) is 6.34. The summed E-state index contributed by atoms with van der Waals surface area (Å²) in [4.78, 5) is 28.3. The topological polar surface area (TPSA) is 79.0 Å². The number of morpholine rings is 1. The number of alkyl halides is 3. The predicted molar refractivity (Wildman–Crippen MR) is 115 cm³/mol. The molecule has 0 bridgehead atoms. The van der Waals surface area contributed by atoms with Crippen molar-refractivity contribution in [1.29, 1.82) is 0 Å². The number of rotatable bonds is 3. The number of benzene rings is 1. The van der Waals surface area contributed by atoms with E-state index in [1.54, 1.807) is 9.80 Å². The Bertz CT molecular complexity index is 1000. The van der Waals surface area contributed by atoms with E-state index in [0.717, 1.165) is 18.2 Å². The van der Waals surface area contributed by atoms with E-state index in [2.05, 4.69) is 5.32 Å². The van der Waals surface area contributed by atoms with Crippen molar-refractivity contribution in [3.63, 3.8) is 0 Å². The Morgan fingerprint density at radius 2 is 2.00 bits per heavy atom. The number of piperidine rings is 1. The lowest BCUT2D eigenvalue weighted by Gasteiger charge is -2.56. The zero-order valence-corrected chi connectivity index (χ0v) is 19.8. The van der Waals surface area contributed by atoms with Gasteiger partial charge in [-0.2, -0.15) is 13.2 Å². The summed E-state index contributed by atoms with van der Waals surface area (Å²) < 4.78 is 56.8. The molecule has 0 aromatic heterocycles. The molecule has 0 saturated carbocycles. The van der Waals surface area contributed by atoms with Crippen molar-refractivity contribution in [3.05, 3.63) is 28.8 Å². The number of amides is 3. The molecule has 33 heavy (non-hydrogen) atoms. The minimum atomic E-state index is -4.52.